The summed E-state index contributed by atoms with van der Waals surface area (Å²) in [5.74, 6) is -0.0529. The standard InChI is InChI=1S/C23H25F3N4O3/c24-23(25,26)33-19-5-1-16(2-6-19)3-8-21(32)30-11-9-22(10-12-30)13-17(14-22)20(31)7-4-18-15-27-29-28-18/h1-3,5-6,8,15,17H,4,7,9-14H2,(H,27,28,29)/b8-3+. The minimum absolute atomic E-state index is 0.100. The van der Waals surface area contributed by atoms with Gasteiger partial charge in [-0.1, -0.05) is 12.1 Å². The molecule has 1 aliphatic heterocycles. The number of aryl methyl sites for hydroxylation is 1. The van der Waals surface area contributed by atoms with E-state index < -0.39 is 6.36 Å². The van der Waals surface area contributed by atoms with E-state index in [0.29, 0.717) is 31.5 Å². The third-order valence-corrected chi connectivity index (χ3v) is 6.57. The molecule has 1 saturated heterocycles. The number of aromatic amines is 1. The van der Waals surface area contributed by atoms with Crippen LogP contribution in [0.25, 0.3) is 6.08 Å². The van der Waals surface area contributed by atoms with Crippen molar-refractivity contribution in [2.24, 2.45) is 11.3 Å². The van der Waals surface area contributed by atoms with Crippen molar-refractivity contribution in [3.8, 4) is 5.75 Å². The van der Waals surface area contributed by atoms with E-state index in [1.165, 1.54) is 30.3 Å². The van der Waals surface area contributed by atoms with Crippen molar-refractivity contribution in [3.63, 3.8) is 0 Å². The highest BCUT2D eigenvalue weighted by molar-refractivity contribution is 5.91. The largest absolute Gasteiger partial charge is 0.573 e. The van der Waals surface area contributed by atoms with Gasteiger partial charge in [-0.05, 0) is 61.3 Å². The van der Waals surface area contributed by atoms with E-state index in [1.54, 1.807) is 17.2 Å². The first kappa shape index (κ1) is 23.0. The molecule has 1 aromatic carbocycles. The number of alkyl halides is 3. The summed E-state index contributed by atoms with van der Waals surface area (Å²) in [6.45, 7) is 1.28. The van der Waals surface area contributed by atoms with Gasteiger partial charge in [-0.2, -0.15) is 15.4 Å². The molecule has 0 bridgehead atoms. The van der Waals surface area contributed by atoms with Gasteiger partial charge in [-0.25, -0.2) is 0 Å². The monoisotopic (exact) mass is 462 g/mol. The maximum Gasteiger partial charge on any atom is 0.573 e. The number of halogens is 3. The number of aromatic nitrogens is 3. The lowest BCUT2D eigenvalue weighted by atomic mass is 9.56. The minimum Gasteiger partial charge on any atom is -0.406 e. The zero-order valence-corrected chi connectivity index (χ0v) is 18.0. The van der Waals surface area contributed by atoms with Crippen LogP contribution in [0.1, 0.15) is 43.4 Å². The van der Waals surface area contributed by atoms with Crippen LogP contribution >= 0.6 is 0 Å². The van der Waals surface area contributed by atoms with E-state index in [-0.39, 0.29) is 28.8 Å². The Bertz CT molecular complexity index is 987. The van der Waals surface area contributed by atoms with Crippen LogP contribution < -0.4 is 4.74 Å². The van der Waals surface area contributed by atoms with Crippen molar-refractivity contribution in [2.75, 3.05) is 13.1 Å². The Morgan fingerprint density at radius 1 is 1.18 bits per heavy atom. The van der Waals surface area contributed by atoms with Crippen molar-refractivity contribution in [1.82, 2.24) is 20.3 Å². The number of piperidine rings is 1. The van der Waals surface area contributed by atoms with E-state index in [4.69, 9.17) is 0 Å². The first-order valence-electron chi connectivity index (χ1n) is 10.9. The van der Waals surface area contributed by atoms with Gasteiger partial charge in [0.15, 0.2) is 0 Å². The minimum atomic E-state index is -4.73. The summed E-state index contributed by atoms with van der Waals surface area (Å²) in [5.41, 5.74) is 1.56. The SMILES string of the molecule is O=C(CCc1cn[nH]n1)C1CC2(CCN(C(=O)/C=C/c3ccc(OC(F)(F)F)cc3)CC2)C1. The Labute approximate surface area is 189 Å². The zero-order valence-electron chi connectivity index (χ0n) is 18.0. The first-order chi connectivity index (χ1) is 15.7. The van der Waals surface area contributed by atoms with Crippen LogP contribution in [0.3, 0.4) is 0 Å². The number of amides is 1. The lowest BCUT2D eigenvalue weighted by molar-refractivity contribution is -0.274. The van der Waals surface area contributed by atoms with Gasteiger partial charge in [0, 0.05) is 31.5 Å². The Morgan fingerprint density at radius 3 is 2.48 bits per heavy atom. The van der Waals surface area contributed by atoms with Gasteiger partial charge in [0.2, 0.25) is 5.91 Å². The molecule has 7 nitrogen and oxygen atoms in total. The molecule has 1 amide bonds. The highest BCUT2D eigenvalue weighted by Gasteiger charge is 2.48. The molecule has 0 unspecified atom stereocenters. The molecular formula is C23H25F3N4O3. The number of nitrogens with zero attached hydrogens (tertiary/aromatic N) is 3. The topological polar surface area (TPSA) is 88.2 Å². The number of ether oxygens (including phenoxy) is 1. The number of rotatable bonds is 7. The van der Waals surface area contributed by atoms with E-state index in [1.807, 2.05) is 0 Å². The fourth-order valence-electron chi connectivity index (χ4n) is 4.68. The van der Waals surface area contributed by atoms with E-state index in [0.717, 1.165) is 31.4 Å². The molecule has 1 aliphatic carbocycles. The number of H-pyrrole nitrogens is 1. The molecule has 1 aromatic heterocycles. The fourth-order valence-corrected chi connectivity index (χ4v) is 4.68. The molecular weight excluding hydrogens is 437 g/mol. The third kappa shape index (κ3) is 6.00. The fraction of sp³-hybridized carbons (Fsp3) is 0.478. The van der Waals surface area contributed by atoms with Gasteiger partial charge in [0.25, 0.3) is 0 Å². The molecule has 1 saturated carbocycles. The smallest absolute Gasteiger partial charge is 0.406 e. The quantitative estimate of drug-likeness (QED) is 0.630. The summed E-state index contributed by atoms with van der Waals surface area (Å²) >= 11 is 0. The van der Waals surface area contributed by atoms with Crippen LogP contribution in [0.5, 0.6) is 5.75 Å². The second-order valence-corrected chi connectivity index (χ2v) is 8.81. The van der Waals surface area contributed by atoms with Crippen LogP contribution in [0.2, 0.25) is 0 Å². The van der Waals surface area contributed by atoms with Crippen LogP contribution in [-0.2, 0) is 16.0 Å². The van der Waals surface area contributed by atoms with Gasteiger partial charge in [0.1, 0.15) is 11.5 Å². The number of carbonyl (C=O) groups excluding carboxylic acids is 2. The van der Waals surface area contributed by atoms with Crippen molar-refractivity contribution >= 4 is 17.8 Å². The van der Waals surface area contributed by atoms with Crippen molar-refractivity contribution in [1.29, 1.82) is 0 Å². The average Bonchev–Trinajstić information content (AvgIpc) is 3.28. The van der Waals surface area contributed by atoms with E-state index >= 15 is 0 Å². The third-order valence-electron chi connectivity index (χ3n) is 6.57. The van der Waals surface area contributed by atoms with Gasteiger partial charge < -0.3 is 9.64 Å². The Balaban J connectivity index is 1.20. The number of ketones is 1. The van der Waals surface area contributed by atoms with E-state index in [9.17, 15) is 22.8 Å². The number of hydrogen-bond donors (Lipinski definition) is 1. The predicted molar refractivity (Wildman–Crippen MR) is 113 cm³/mol. The summed E-state index contributed by atoms with van der Waals surface area (Å²) in [6.07, 6.45) is 4.53. The van der Waals surface area contributed by atoms with Crippen molar-refractivity contribution < 1.29 is 27.5 Å². The summed E-state index contributed by atoms with van der Waals surface area (Å²) < 4.78 is 40.5. The Hall–Kier alpha value is -3.17. The second-order valence-electron chi connectivity index (χ2n) is 8.81. The number of likely N-dealkylation sites (tertiary alicyclic amines) is 1. The van der Waals surface area contributed by atoms with Crippen LogP contribution in [-0.4, -0.2) is 51.5 Å². The molecule has 176 valence electrons. The summed E-state index contributed by atoms with van der Waals surface area (Å²) in [5, 5.41) is 10.3. The summed E-state index contributed by atoms with van der Waals surface area (Å²) in [4.78, 5) is 26.7. The molecule has 0 atom stereocenters. The highest BCUT2D eigenvalue weighted by Crippen LogP contribution is 2.53. The van der Waals surface area contributed by atoms with Crippen LogP contribution in [0.15, 0.2) is 36.5 Å². The lowest BCUT2D eigenvalue weighted by Gasteiger charge is -2.51. The van der Waals surface area contributed by atoms with Crippen LogP contribution in [0, 0.1) is 11.3 Å². The normalized spacial score (nSPS) is 18.5. The molecule has 4 rings (SSSR count). The average molecular weight is 462 g/mol. The molecule has 0 radical (unpaired) electrons. The van der Waals surface area contributed by atoms with Crippen molar-refractivity contribution in [3.05, 3.63) is 47.8 Å². The molecule has 2 aromatic rings. The van der Waals surface area contributed by atoms with Gasteiger partial charge in [0.05, 0.1) is 11.9 Å². The maximum atomic E-state index is 12.5. The molecule has 2 heterocycles. The number of Topliss-reactive ketones (excluding diaryl/α,β-unsaturated/α-hetero) is 1. The van der Waals surface area contributed by atoms with Gasteiger partial charge in [-0.3, -0.25) is 9.59 Å². The number of hydrogen-bond acceptors (Lipinski definition) is 5. The molecule has 2 fully saturated rings. The number of carbonyl (C=O) groups is 2. The lowest BCUT2D eigenvalue weighted by Crippen LogP contribution is -2.50. The maximum absolute atomic E-state index is 12.5. The summed E-state index contributed by atoms with van der Waals surface area (Å²) in [7, 11) is 0. The molecule has 1 spiro atoms. The van der Waals surface area contributed by atoms with Crippen LogP contribution in [0.4, 0.5) is 13.2 Å². The van der Waals surface area contributed by atoms with Gasteiger partial charge in [-0.15, -0.1) is 13.2 Å². The molecule has 2 aliphatic rings. The van der Waals surface area contributed by atoms with Gasteiger partial charge >= 0.3 is 6.36 Å². The summed E-state index contributed by atoms with van der Waals surface area (Å²) in [6, 6.07) is 5.35. The molecule has 10 heteroatoms. The van der Waals surface area contributed by atoms with Crippen molar-refractivity contribution in [2.45, 2.75) is 44.9 Å². The number of benzene rings is 1. The second kappa shape index (κ2) is 9.36. The van der Waals surface area contributed by atoms with E-state index in [2.05, 4.69) is 20.1 Å². The Morgan fingerprint density at radius 2 is 1.88 bits per heavy atom. The molecule has 1 N–H and O–H groups in total. The first-order valence-corrected chi connectivity index (χ1v) is 10.9. The predicted octanol–water partition coefficient (Wildman–Crippen LogP) is 3.94. The zero-order chi connectivity index (χ0) is 23.5. The Kier molecular flexibility index (Phi) is 6.53. The molecule has 33 heavy (non-hydrogen) atoms. The number of nitrogens with one attached hydrogen (secondary N) is 1. The highest BCUT2D eigenvalue weighted by atomic mass is 19.4.